The standard InChI is InChI=1S/C12H14F3N3O2.ClH/c13-12(14,15)8-3-1-7(2-4-8)6-18-11(20)9(16)5-10(17)19;/h1-4,9H,5-6,16H2,(H2,17,19)(H,18,20);1H. The minimum absolute atomic E-state index is 0. The molecule has 21 heavy (non-hydrogen) atoms. The molecule has 0 aliphatic carbocycles. The first-order valence-electron chi connectivity index (χ1n) is 5.68. The van der Waals surface area contributed by atoms with Crippen molar-refractivity contribution in [3.05, 3.63) is 35.4 Å². The fourth-order valence-corrected chi connectivity index (χ4v) is 1.44. The molecule has 5 nitrogen and oxygen atoms in total. The molecule has 9 heteroatoms. The Morgan fingerprint density at radius 3 is 2.14 bits per heavy atom. The van der Waals surface area contributed by atoms with Gasteiger partial charge in [0.25, 0.3) is 0 Å². The maximum atomic E-state index is 12.3. The van der Waals surface area contributed by atoms with Crippen LogP contribution in [0.15, 0.2) is 24.3 Å². The molecular weight excluding hydrogens is 311 g/mol. The maximum absolute atomic E-state index is 12.3. The molecule has 1 rings (SSSR count). The van der Waals surface area contributed by atoms with E-state index in [-0.39, 0.29) is 25.4 Å². The van der Waals surface area contributed by atoms with Gasteiger partial charge in [-0.25, -0.2) is 0 Å². The van der Waals surface area contributed by atoms with Gasteiger partial charge in [-0.2, -0.15) is 13.2 Å². The molecule has 118 valence electrons. The summed E-state index contributed by atoms with van der Waals surface area (Å²) in [4.78, 5) is 22.0. The van der Waals surface area contributed by atoms with Gasteiger partial charge < -0.3 is 16.8 Å². The summed E-state index contributed by atoms with van der Waals surface area (Å²) in [5.74, 6) is -1.30. The van der Waals surface area contributed by atoms with E-state index in [0.29, 0.717) is 5.56 Å². The first-order chi connectivity index (χ1) is 9.20. The molecule has 0 heterocycles. The Hall–Kier alpha value is -1.80. The summed E-state index contributed by atoms with van der Waals surface area (Å²) in [7, 11) is 0. The zero-order valence-corrected chi connectivity index (χ0v) is 11.6. The summed E-state index contributed by atoms with van der Waals surface area (Å²) in [5, 5.41) is 2.41. The van der Waals surface area contributed by atoms with Crippen LogP contribution >= 0.6 is 12.4 Å². The second kappa shape index (κ2) is 7.84. The maximum Gasteiger partial charge on any atom is 0.416 e. The van der Waals surface area contributed by atoms with E-state index in [0.717, 1.165) is 12.1 Å². The minimum Gasteiger partial charge on any atom is -0.370 e. The lowest BCUT2D eigenvalue weighted by Crippen LogP contribution is -2.42. The van der Waals surface area contributed by atoms with Crippen molar-refractivity contribution in [2.45, 2.75) is 25.2 Å². The molecule has 0 saturated heterocycles. The van der Waals surface area contributed by atoms with Gasteiger partial charge in [0.05, 0.1) is 18.0 Å². The van der Waals surface area contributed by atoms with E-state index in [2.05, 4.69) is 5.32 Å². The van der Waals surface area contributed by atoms with Crippen LogP contribution in [0.25, 0.3) is 0 Å². The number of nitrogens with one attached hydrogen (secondary N) is 1. The minimum atomic E-state index is -4.40. The van der Waals surface area contributed by atoms with E-state index in [1.165, 1.54) is 12.1 Å². The predicted octanol–water partition coefficient (Wildman–Crippen LogP) is 0.946. The first kappa shape index (κ1) is 19.2. The summed E-state index contributed by atoms with van der Waals surface area (Å²) in [5.41, 5.74) is 10.0. The van der Waals surface area contributed by atoms with Gasteiger partial charge in [-0.1, -0.05) is 12.1 Å². The molecule has 2 amide bonds. The van der Waals surface area contributed by atoms with Crippen molar-refractivity contribution >= 4 is 24.2 Å². The third-order valence-electron chi connectivity index (χ3n) is 2.51. The number of halogens is 4. The topological polar surface area (TPSA) is 98.2 Å². The number of primary amides is 1. The fourth-order valence-electron chi connectivity index (χ4n) is 1.44. The Morgan fingerprint density at radius 1 is 1.19 bits per heavy atom. The molecule has 0 bridgehead atoms. The summed E-state index contributed by atoms with van der Waals surface area (Å²) >= 11 is 0. The summed E-state index contributed by atoms with van der Waals surface area (Å²) in [6.07, 6.45) is -4.69. The van der Waals surface area contributed by atoms with Crippen molar-refractivity contribution in [3.8, 4) is 0 Å². The SMILES string of the molecule is Cl.NC(=O)CC(N)C(=O)NCc1ccc(C(F)(F)F)cc1. The van der Waals surface area contributed by atoms with Crippen LogP contribution in [0.1, 0.15) is 17.5 Å². The molecule has 1 aromatic carbocycles. The van der Waals surface area contributed by atoms with E-state index < -0.39 is 29.6 Å². The zero-order chi connectivity index (χ0) is 15.3. The molecule has 0 aromatic heterocycles. The molecule has 0 aliphatic heterocycles. The third kappa shape index (κ3) is 6.46. The Kier molecular flexibility index (Phi) is 7.17. The normalized spacial score (nSPS) is 12.2. The average molecular weight is 326 g/mol. The second-order valence-corrected chi connectivity index (χ2v) is 4.19. The first-order valence-corrected chi connectivity index (χ1v) is 5.68. The van der Waals surface area contributed by atoms with Crippen LogP contribution in [0.2, 0.25) is 0 Å². The van der Waals surface area contributed by atoms with Crippen molar-refractivity contribution in [3.63, 3.8) is 0 Å². The van der Waals surface area contributed by atoms with Gasteiger partial charge in [0, 0.05) is 6.54 Å². The van der Waals surface area contributed by atoms with Crippen molar-refractivity contribution in [2.24, 2.45) is 11.5 Å². The molecule has 1 atom stereocenters. The number of rotatable bonds is 5. The predicted molar refractivity (Wildman–Crippen MR) is 72.3 cm³/mol. The van der Waals surface area contributed by atoms with Crippen molar-refractivity contribution in [1.29, 1.82) is 0 Å². The molecule has 1 aromatic rings. The van der Waals surface area contributed by atoms with Gasteiger partial charge in [-0.05, 0) is 17.7 Å². The van der Waals surface area contributed by atoms with Crippen molar-refractivity contribution in [2.75, 3.05) is 0 Å². The van der Waals surface area contributed by atoms with Crippen molar-refractivity contribution in [1.82, 2.24) is 5.32 Å². The number of benzene rings is 1. The molecular formula is C12H15ClF3N3O2. The number of amides is 2. The average Bonchev–Trinajstić information content (AvgIpc) is 2.34. The number of hydrogen-bond donors (Lipinski definition) is 3. The van der Waals surface area contributed by atoms with Gasteiger partial charge in [-0.3, -0.25) is 9.59 Å². The van der Waals surface area contributed by atoms with Gasteiger partial charge in [-0.15, -0.1) is 12.4 Å². The molecule has 0 saturated carbocycles. The smallest absolute Gasteiger partial charge is 0.370 e. The highest BCUT2D eigenvalue weighted by Crippen LogP contribution is 2.28. The van der Waals surface area contributed by atoms with Gasteiger partial charge in [0.2, 0.25) is 11.8 Å². The number of carbonyl (C=O) groups is 2. The Morgan fingerprint density at radius 2 is 1.71 bits per heavy atom. The summed E-state index contributed by atoms with van der Waals surface area (Å²) in [6.45, 7) is 0.0173. The van der Waals surface area contributed by atoms with Crippen molar-refractivity contribution < 1.29 is 22.8 Å². The van der Waals surface area contributed by atoms with Crippen LogP contribution < -0.4 is 16.8 Å². The highest BCUT2D eigenvalue weighted by Gasteiger charge is 2.29. The van der Waals surface area contributed by atoms with Gasteiger partial charge in [0.15, 0.2) is 0 Å². The fraction of sp³-hybridized carbons (Fsp3) is 0.333. The number of carbonyl (C=O) groups excluding carboxylic acids is 2. The Balaban J connectivity index is 0.00000400. The number of nitrogens with two attached hydrogens (primary N) is 2. The Bertz CT molecular complexity index is 492. The molecule has 5 N–H and O–H groups in total. The lowest BCUT2D eigenvalue weighted by molar-refractivity contribution is -0.137. The van der Waals surface area contributed by atoms with Crippen LogP contribution in [0.4, 0.5) is 13.2 Å². The zero-order valence-electron chi connectivity index (χ0n) is 10.8. The largest absolute Gasteiger partial charge is 0.416 e. The summed E-state index contributed by atoms with van der Waals surface area (Å²) < 4.78 is 37.0. The lowest BCUT2D eigenvalue weighted by Gasteiger charge is -2.11. The van der Waals surface area contributed by atoms with Gasteiger partial charge in [0.1, 0.15) is 0 Å². The lowest BCUT2D eigenvalue weighted by atomic mass is 10.1. The number of hydrogen-bond acceptors (Lipinski definition) is 3. The highest BCUT2D eigenvalue weighted by molar-refractivity contribution is 5.87. The monoisotopic (exact) mass is 325 g/mol. The van der Waals surface area contributed by atoms with Gasteiger partial charge >= 0.3 is 6.18 Å². The van der Waals surface area contributed by atoms with Crippen LogP contribution in [-0.4, -0.2) is 17.9 Å². The number of alkyl halides is 3. The Labute approximate surface area is 125 Å². The quantitative estimate of drug-likeness (QED) is 0.751. The van der Waals surface area contributed by atoms with Crippen LogP contribution in [0.5, 0.6) is 0 Å². The summed E-state index contributed by atoms with van der Waals surface area (Å²) in [6, 6.07) is 3.28. The van der Waals surface area contributed by atoms with Crippen LogP contribution in [0.3, 0.4) is 0 Å². The van der Waals surface area contributed by atoms with E-state index in [1.807, 2.05) is 0 Å². The van der Waals surface area contributed by atoms with E-state index >= 15 is 0 Å². The molecule has 0 spiro atoms. The molecule has 0 radical (unpaired) electrons. The third-order valence-corrected chi connectivity index (χ3v) is 2.51. The van der Waals surface area contributed by atoms with E-state index in [1.54, 1.807) is 0 Å². The van der Waals surface area contributed by atoms with E-state index in [9.17, 15) is 22.8 Å². The highest BCUT2D eigenvalue weighted by atomic mass is 35.5. The van der Waals surface area contributed by atoms with Crippen LogP contribution in [0, 0.1) is 0 Å². The molecule has 0 fully saturated rings. The molecule has 0 aliphatic rings. The molecule has 1 unspecified atom stereocenters. The van der Waals surface area contributed by atoms with Crippen LogP contribution in [-0.2, 0) is 22.3 Å². The van der Waals surface area contributed by atoms with E-state index in [4.69, 9.17) is 11.5 Å². The second-order valence-electron chi connectivity index (χ2n) is 4.19.